The van der Waals surface area contributed by atoms with Crippen molar-refractivity contribution in [2.45, 2.75) is 32.2 Å². The maximum absolute atomic E-state index is 11.7. The molecule has 0 bridgehead atoms. The fraction of sp³-hybridized carbons (Fsp3) is 1.00. The van der Waals surface area contributed by atoms with E-state index in [1.165, 1.54) is 0 Å². The van der Waals surface area contributed by atoms with Crippen LogP contribution in [-0.2, 0) is 10.0 Å². The monoisotopic (exact) mass is 220 g/mol. The van der Waals surface area contributed by atoms with Gasteiger partial charge >= 0.3 is 0 Å². The first kappa shape index (κ1) is 11.9. The summed E-state index contributed by atoms with van der Waals surface area (Å²) < 4.78 is 25.0. The van der Waals surface area contributed by atoms with Gasteiger partial charge in [-0.1, -0.05) is 13.3 Å². The lowest BCUT2D eigenvalue weighted by Crippen LogP contribution is -2.43. The van der Waals surface area contributed by atoms with Crippen molar-refractivity contribution < 1.29 is 8.42 Å². The Bertz CT molecular complexity index is 260. The highest BCUT2D eigenvalue weighted by Gasteiger charge is 2.29. The molecule has 0 saturated heterocycles. The van der Waals surface area contributed by atoms with E-state index in [-0.39, 0.29) is 11.8 Å². The zero-order valence-corrected chi connectivity index (χ0v) is 9.81. The van der Waals surface area contributed by atoms with Crippen LogP contribution in [0.25, 0.3) is 0 Å². The van der Waals surface area contributed by atoms with Crippen LogP contribution in [0.5, 0.6) is 0 Å². The van der Waals surface area contributed by atoms with E-state index in [0.717, 1.165) is 25.8 Å². The average molecular weight is 220 g/mol. The van der Waals surface area contributed by atoms with E-state index >= 15 is 0 Å². The SMILES string of the molecule is CCNCCS(=O)(=O)N(C)C1CCC1. The summed E-state index contributed by atoms with van der Waals surface area (Å²) in [7, 11) is -1.32. The molecule has 0 aromatic carbocycles. The molecule has 0 amide bonds. The van der Waals surface area contributed by atoms with Gasteiger partial charge in [-0.25, -0.2) is 12.7 Å². The molecule has 1 aliphatic carbocycles. The van der Waals surface area contributed by atoms with Crippen LogP contribution in [-0.4, -0.2) is 44.7 Å². The molecule has 1 saturated carbocycles. The van der Waals surface area contributed by atoms with Gasteiger partial charge in [-0.3, -0.25) is 0 Å². The second kappa shape index (κ2) is 5.09. The van der Waals surface area contributed by atoms with E-state index in [1.807, 2.05) is 6.92 Å². The third-order valence-corrected chi connectivity index (χ3v) is 4.71. The van der Waals surface area contributed by atoms with Crippen molar-refractivity contribution in [3.8, 4) is 0 Å². The summed E-state index contributed by atoms with van der Waals surface area (Å²) in [5.41, 5.74) is 0. The molecular weight excluding hydrogens is 200 g/mol. The Balaban J connectivity index is 2.38. The predicted molar refractivity (Wildman–Crippen MR) is 57.7 cm³/mol. The maximum Gasteiger partial charge on any atom is 0.215 e. The zero-order valence-electron chi connectivity index (χ0n) is 8.99. The van der Waals surface area contributed by atoms with Gasteiger partial charge in [-0.05, 0) is 19.4 Å². The first-order chi connectivity index (χ1) is 6.58. The molecule has 0 aromatic rings. The number of hydrogen-bond donors (Lipinski definition) is 1. The van der Waals surface area contributed by atoms with Gasteiger partial charge in [0.25, 0.3) is 0 Å². The maximum atomic E-state index is 11.7. The summed E-state index contributed by atoms with van der Waals surface area (Å²) in [6, 6.07) is 0.265. The Morgan fingerprint density at radius 2 is 2.07 bits per heavy atom. The van der Waals surface area contributed by atoms with Crippen molar-refractivity contribution in [2.24, 2.45) is 0 Å². The first-order valence-corrected chi connectivity index (χ1v) is 6.85. The van der Waals surface area contributed by atoms with Crippen LogP contribution >= 0.6 is 0 Å². The van der Waals surface area contributed by atoms with Crippen molar-refractivity contribution in [1.29, 1.82) is 0 Å². The van der Waals surface area contributed by atoms with Crippen LogP contribution < -0.4 is 5.32 Å². The molecule has 4 nitrogen and oxygen atoms in total. The van der Waals surface area contributed by atoms with Gasteiger partial charge in [0.05, 0.1) is 5.75 Å². The first-order valence-electron chi connectivity index (χ1n) is 5.24. The molecule has 0 unspecified atom stereocenters. The van der Waals surface area contributed by atoms with Gasteiger partial charge < -0.3 is 5.32 Å². The molecule has 1 rings (SSSR count). The quantitative estimate of drug-likeness (QED) is 0.660. The van der Waals surface area contributed by atoms with Crippen LogP contribution in [0, 0.1) is 0 Å². The third-order valence-electron chi connectivity index (χ3n) is 2.81. The van der Waals surface area contributed by atoms with Gasteiger partial charge in [-0.2, -0.15) is 0 Å². The van der Waals surface area contributed by atoms with E-state index in [0.29, 0.717) is 6.54 Å². The largest absolute Gasteiger partial charge is 0.316 e. The number of nitrogens with one attached hydrogen (secondary N) is 1. The van der Waals surface area contributed by atoms with Gasteiger partial charge in [0, 0.05) is 19.6 Å². The highest BCUT2D eigenvalue weighted by molar-refractivity contribution is 7.89. The van der Waals surface area contributed by atoms with Crippen LogP contribution in [0.4, 0.5) is 0 Å². The minimum absolute atomic E-state index is 0.216. The number of sulfonamides is 1. The summed E-state index contributed by atoms with van der Waals surface area (Å²) in [5.74, 6) is 0.216. The number of hydrogen-bond acceptors (Lipinski definition) is 3. The minimum Gasteiger partial charge on any atom is -0.316 e. The molecule has 14 heavy (non-hydrogen) atoms. The van der Waals surface area contributed by atoms with Crippen LogP contribution in [0.1, 0.15) is 26.2 Å². The second-order valence-electron chi connectivity index (χ2n) is 3.77. The Morgan fingerprint density at radius 1 is 1.43 bits per heavy atom. The highest BCUT2D eigenvalue weighted by Crippen LogP contribution is 2.25. The standard InChI is InChI=1S/C9H20N2O2S/c1-3-10-7-8-14(12,13)11(2)9-5-4-6-9/h9-10H,3-8H2,1-2H3. The Hall–Kier alpha value is -0.130. The van der Waals surface area contributed by atoms with Crippen LogP contribution in [0.15, 0.2) is 0 Å². The minimum atomic E-state index is -3.02. The molecule has 1 aliphatic rings. The van der Waals surface area contributed by atoms with Crippen molar-refractivity contribution in [1.82, 2.24) is 9.62 Å². The normalized spacial score (nSPS) is 18.5. The lowest BCUT2D eigenvalue weighted by Gasteiger charge is -2.33. The number of nitrogens with zero attached hydrogens (tertiary/aromatic N) is 1. The average Bonchev–Trinajstić information content (AvgIpc) is 2.01. The van der Waals surface area contributed by atoms with Gasteiger partial charge in [0.1, 0.15) is 0 Å². The molecule has 0 aromatic heterocycles. The van der Waals surface area contributed by atoms with Crippen molar-refractivity contribution in [3.05, 3.63) is 0 Å². The Labute approximate surface area is 86.7 Å². The summed E-state index contributed by atoms with van der Waals surface area (Å²) in [6.45, 7) is 3.35. The van der Waals surface area contributed by atoms with Gasteiger partial charge in [0.2, 0.25) is 10.0 Å². The highest BCUT2D eigenvalue weighted by atomic mass is 32.2. The van der Waals surface area contributed by atoms with Crippen molar-refractivity contribution >= 4 is 10.0 Å². The molecular formula is C9H20N2O2S. The summed E-state index contributed by atoms with van der Waals surface area (Å²) in [5, 5.41) is 3.03. The Kier molecular flexibility index (Phi) is 4.34. The van der Waals surface area contributed by atoms with Crippen LogP contribution in [0.3, 0.4) is 0 Å². The molecule has 0 atom stereocenters. The molecule has 0 radical (unpaired) electrons. The molecule has 0 spiro atoms. The molecule has 84 valence electrons. The van der Waals surface area contributed by atoms with Crippen molar-refractivity contribution in [2.75, 3.05) is 25.9 Å². The zero-order chi connectivity index (χ0) is 10.6. The summed E-state index contributed by atoms with van der Waals surface area (Å²) in [4.78, 5) is 0. The predicted octanol–water partition coefficient (Wildman–Crippen LogP) is 0.410. The molecule has 0 aliphatic heterocycles. The van der Waals surface area contributed by atoms with Gasteiger partial charge in [-0.15, -0.1) is 0 Å². The molecule has 1 fully saturated rings. The topological polar surface area (TPSA) is 49.4 Å². The van der Waals surface area contributed by atoms with E-state index in [1.54, 1.807) is 11.4 Å². The fourth-order valence-corrected chi connectivity index (χ4v) is 2.85. The molecule has 5 heteroatoms. The van der Waals surface area contributed by atoms with E-state index in [9.17, 15) is 8.42 Å². The third kappa shape index (κ3) is 2.93. The van der Waals surface area contributed by atoms with Crippen molar-refractivity contribution in [3.63, 3.8) is 0 Å². The van der Waals surface area contributed by atoms with E-state index in [4.69, 9.17) is 0 Å². The summed E-state index contributed by atoms with van der Waals surface area (Å²) in [6.07, 6.45) is 3.21. The smallest absolute Gasteiger partial charge is 0.215 e. The second-order valence-corrected chi connectivity index (χ2v) is 5.92. The lowest BCUT2D eigenvalue weighted by atomic mass is 9.94. The summed E-state index contributed by atoms with van der Waals surface area (Å²) >= 11 is 0. The van der Waals surface area contributed by atoms with E-state index < -0.39 is 10.0 Å². The van der Waals surface area contributed by atoms with Gasteiger partial charge in [0.15, 0.2) is 0 Å². The van der Waals surface area contributed by atoms with E-state index in [2.05, 4.69) is 5.32 Å². The fourth-order valence-electron chi connectivity index (χ4n) is 1.50. The molecule has 0 heterocycles. The number of rotatable bonds is 6. The Morgan fingerprint density at radius 3 is 2.50 bits per heavy atom. The van der Waals surface area contributed by atoms with Crippen LogP contribution in [0.2, 0.25) is 0 Å². The molecule has 1 N–H and O–H groups in total. The lowest BCUT2D eigenvalue weighted by molar-refractivity contribution is 0.249.